The van der Waals surface area contributed by atoms with Gasteiger partial charge in [-0.25, -0.2) is 4.68 Å². The topological polar surface area (TPSA) is 63.3 Å². The van der Waals surface area contributed by atoms with Crippen molar-refractivity contribution in [2.75, 3.05) is 26.0 Å². The summed E-state index contributed by atoms with van der Waals surface area (Å²) in [5, 5.41) is 7.34. The highest BCUT2D eigenvalue weighted by Gasteiger charge is 2.09. The standard InChI is InChI=1S/C13H17ClN4O2/c1-17(2)4-5-18-13(19)12(14)11(8-16-18)15-7-10-3-6-20-9-10/h3,6,8-9,15H,4-5,7H2,1-2H3. The average Bonchev–Trinajstić information content (AvgIpc) is 2.92. The molecule has 2 aromatic rings. The molecule has 0 saturated carbocycles. The number of likely N-dealkylation sites (N-methyl/N-ethyl adjacent to an activating group) is 1. The Bertz CT molecular complexity index is 607. The molecule has 0 aromatic carbocycles. The van der Waals surface area contributed by atoms with Gasteiger partial charge in [0.15, 0.2) is 0 Å². The molecule has 0 unspecified atom stereocenters. The van der Waals surface area contributed by atoms with Gasteiger partial charge in [-0.3, -0.25) is 4.79 Å². The van der Waals surface area contributed by atoms with E-state index in [1.54, 1.807) is 18.7 Å². The molecule has 0 aliphatic rings. The Morgan fingerprint density at radius 3 is 2.95 bits per heavy atom. The van der Waals surface area contributed by atoms with Crippen LogP contribution >= 0.6 is 11.6 Å². The van der Waals surface area contributed by atoms with Gasteiger partial charge in [-0.1, -0.05) is 11.6 Å². The quantitative estimate of drug-likeness (QED) is 0.878. The lowest BCUT2D eigenvalue weighted by atomic mass is 10.3. The predicted molar refractivity (Wildman–Crippen MR) is 78.1 cm³/mol. The van der Waals surface area contributed by atoms with Crippen LogP contribution in [0.1, 0.15) is 5.56 Å². The molecule has 0 spiro atoms. The number of nitrogens with one attached hydrogen (secondary N) is 1. The van der Waals surface area contributed by atoms with Gasteiger partial charge in [0.25, 0.3) is 5.56 Å². The zero-order valence-electron chi connectivity index (χ0n) is 11.5. The SMILES string of the molecule is CN(C)CCn1ncc(NCc2ccoc2)c(Cl)c1=O. The summed E-state index contributed by atoms with van der Waals surface area (Å²) in [5.74, 6) is 0. The number of furan rings is 1. The van der Waals surface area contributed by atoms with Crippen LogP contribution in [-0.4, -0.2) is 35.3 Å². The van der Waals surface area contributed by atoms with Gasteiger partial charge < -0.3 is 14.6 Å². The van der Waals surface area contributed by atoms with Crippen molar-refractivity contribution in [2.24, 2.45) is 0 Å². The molecule has 7 heteroatoms. The van der Waals surface area contributed by atoms with E-state index in [0.717, 1.165) is 12.1 Å². The summed E-state index contributed by atoms with van der Waals surface area (Å²) in [7, 11) is 3.88. The highest BCUT2D eigenvalue weighted by molar-refractivity contribution is 6.32. The first-order chi connectivity index (χ1) is 9.58. The van der Waals surface area contributed by atoms with E-state index in [4.69, 9.17) is 16.0 Å². The normalized spacial score (nSPS) is 11.0. The fraction of sp³-hybridized carbons (Fsp3) is 0.385. The monoisotopic (exact) mass is 296 g/mol. The Kier molecular flexibility index (Phi) is 4.81. The van der Waals surface area contributed by atoms with Crippen molar-refractivity contribution in [2.45, 2.75) is 13.1 Å². The maximum absolute atomic E-state index is 12.1. The van der Waals surface area contributed by atoms with Crippen LogP contribution in [0.4, 0.5) is 5.69 Å². The molecule has 0 atom stereocenters. The fourth-order valence-electron chi connectivity index (χ4n) is 1.63. The van der Waals surface area contributed by atoms with Crippen LogP contribution < -0.4 is 10.9 Å². The Hall–Kier alpha value is -1.79. The van der Waals surface area contributed by atoms with Gasteiger partial charge in [0.1, 0.15) is 5.02 Å². The van der Waals surface area contributed by atoms with Crippen molar-refractivity contribution in [3.63, 3.8) is 0 Å². The summed E-state index contributed by atoms with van der Waals surface area (Å²) in [4.78, 5) is 14.0. The molecule has 2 rings (SSSR count). The zero-order valence-corrected chi connectivity index (χ0v) is 12.2. The minimum Gasteiger partial charge on any atom is -0.472 e. The summed E-state index contributed by atoms with van der Waals surface area (Å²) in [6.07, 6.45) is 4.79. The van der Waals surface area contributed by atoms with Crippen molar-refractivity contribution in [1.82, 2.24) is 14.7 Å². The lowest BCUT2D eigenvalue weighted by Crippen LogP contribution is -2.29. The zero-order chi connectivity index (χ0) is 14.5. The van der Waals surface area contributed by atoms with Crippen LogP contribution in [0.15, 0.2) is 34.0 Å². The second-order valence-electron chi connectivity index (χ2n) is 4.69. The lowest BCUT2D eigenvalue weighted by Gasteiger charge is -2.12. The van der Waals surface area contributed by atoms with E-state index in [2.05, 4.69) is 10.4 Å². The fourth-order valence-corrected chi connectivity index (χ4v) is 1.85. The van der Waals surface area contributed by atoms with E-state index >= 15 is 0 Å². The van der Waals surface area contributed by atoms with E-state index in [-0.39, 0.29) is 10.6 Å². The summed E-state index contributed by atoms with van der Waals surface area (Å²) >= 11 is 6.08. The Morgan fingerprint density at radius 2 is 2.30 bits per heavy atom. The Balaban J connectivity index is 2.08. The van der Waals surface area contributed by atoms with Gasteiger partial charge in [-0.05, 0) is 20.2 Å². The molecule has 0 aliphatic carbocycles. The first-order valence-corrected chi connectivity index (χ1v) is 6.61. The molecule has 0 radical (unpaired) electrons. The van der Waals surface area contributed by atoms with E-state index < -0.39 is 0 Å². The number of hydrogen-bond acceptors (Lipinski definition) is 5. The third-order valence-corrected chi connectivity index (χ3v) is 3.17. The maximum Gasteiger partial charge on any atom is 0.287 e. The van der Waals surface area contributed by atoms with Crippen molar-refractivity contribution in [3.05, 3.63) is 45.7 Å². The van der Waals surface area contributed by atoms with Gasteiger partial charge in [0.2, 0.25) is 0 Å². The smallest absolute Gasteiger partial charge is 0.287 e. The van der Waals surface area contributed by atoms with Gasteiger partial charge in [-0.15, -0.1) is 0 Å². The molecule has 20 heavy (non-hydrogen) atoms. The van der Waals surface area contributed by atoms with Crippen molar-refractivity contribution < 1.29 is 4.42 Å². The summed E-state index contributed by atoms with van der Waals surface area (Å²) in [6, 6.07) is 1.84. The number of aromatic nitrogens is 2. The molecule has 6 nitrogen and oxygen atoms in total. The molecule has 2 heterocycles. The third-order valence-electron chi connectivity index (χ3n) is 2.81. The molecule has 0 aliphatic heterocycles. The van der Waals surface area contributed by atoms with E-state index in [9.17, 15) is 4.79 Å². The number of hydrogen-bond donors (Lipinski definition) is 1. The Labute approximate surface area is 121 Å². The van der Waals surface area contributed by atoms with Crippen molar-refractivity contribution in [3.8, 4) is 0 Å². The van der Waals surface area contributed by atoms with Gasteiger partial charge in [-0.2, -0.15) is 5.10 Å². The number of nitrogens with zero attached hydrogens (tertiary/aromatic N) is 3. The van der Waals surface area contributed by atoms with Crippen LogP contribution in [0, 0.1) is 0 Å². The molecule has 1 N–H and O–H groups in total. The van der Waals surface area contributed by atoms with Crippen LogP contribution in [0.5, 0.6) is 0 Å². The lowest BCUT2D eigenvalue weighted by molar-refractivity contribution is 0.367. The second-order valence-corrected chi connectivity index (χ2v) is 5.07. The van der Waals surface area contributed by atoms with Crippen molar-refractivity contribution >= 4 is 17.3 Å². The van der Waals surface area contributed by atoms with Crippen LogP contribution in [0.3, 0.4) is 0 Å². The van der Waals surface area contributed by atoms with Gasteiger partial charge in [0.05, 0.1) is 31.0 Å². The minimum atomic E-state index is -0.286. The second kappa shape index (κ2) is 6.58. The summed E-state index contributed by atoms with van der Waals surface area (Å²) in [5.41, 5.74) is 1.21. The van der Waals surface area contributed by atoms with E-state index in [0.29, 0.717) is 18.8 Å². The molecule has 108 valence electrons. The number of rotatable bonds is 6. The number of halogens is 1. The van der Waals surface area contributed by atoms with Gasteiger partial charge in [0, 0.05) is 18.7 Å². The van der Waals surface area contributed by atoms with Gasteiger partial charge >= 0.3 is 0 Å². The molecular weight excluding hydrogens is 280 g/mol. The van der Waals surface area contributed by atoms with Crippen molar-refractivity contribution in [1.29, 1.82) is 0 Å². The highest BCUT2D eigenvalue weighted by Crippen LogP contribution is 2.16. The molecule has 0 amide bonds. The van der Waals surface area contributed by atoms with Crippen LogP contribution in [-0.2, 0) is 13.1 Å². The van der Waals surface area contributed by atoms with Crippen LogP contribution in [0.2, 0.25) is 5.02 Å². The molecule has 0 fully saturated rings. The predicted octanol–water partition coefficient (Wildman–Crippen LogP) is 1.66. The molecule has 0 saturated heterocycles. The molecule has 0 bridgehead atoms. The largest absolute Gasteiger partial charge is 0.472 e. The van der Waals surface area contributed by atoms with E-state index in [1.807, 2.05) is 25.1 Å². The Morgan fingerprint density at radius 1 is 1.50 bits per heavy atom. The average molecular weight is 297 g/mol. The third kappa shape index (κ3) is 3.61. The highest BCUT2D eigenvalue weighted by atomic mass is 35.5. The number of anilines is 1. The van der Waals surface area contributed by atoms with Crippen LogP contribution in [0.25, 0.3) is 0 Å². The molecule has 2 aromatic heterocycles. The summed E-state index contributed by atoms with van der Waals surface area (Å²) < 4.78 is 6.34. The first-order valence-electron chi connectivity index (χ1n) is 6.23. The van der Waals surface area contributed by atoms with E-state index in [1.165, 1.54) is 4.68 Å². The summed E-state index contributed by atoms with van der Waals surface area (Å²) in [6.45, 7) is 1.76. The minimum absolute atomic E-state index is 0.155. The molecular formula is C13H17ClN4O2. The maximum atomic E-state index is 12.1. The first kappa shape index (κ1) is 14.6.